The summed E-state index contributed by atoms with van der Waals surface area (Å²) in [5.41, 5.74) is 2.00. The van der Waals surface area contributed by atoms with E-state index in [1.165, 1.54) is 5.56 Å². The third-order valence-electron chi connectivity index (χ3n) is 4.29. The van der Waals surface area contributed by atoms with Gasteiger partial charge in [-0.25, -0.2) is 0 Å². The summed E-state index contributed by atoms with van der Waals surface area (Å²) >= 11 is 0. The smallest absolute Gasteiger partial charge is 0.254 e. The van der Waals surface area contributed by atoms with E-state index in [0.29, 0.717) is 0 Å². The van der Waals surface area contributed by atoms with Crippen molar-refractivity contribution >= 4 is 5.91 Å². The Kier molecular flexibility index (Phi) is 4.76. The maximum Gasteiger partial charge on any atom is 0.254 e. The molecule has 1 amide bonds. The number of carbonyl (C=O) groups is 1. The molecule has 2 heterocycles. The molecule has 0 unspecified atom stereocenters. The number of carbonyl (C=O) groups excluding carboxylic acids is 1. The third kappa shape index (κ3) is 3.79. The molecule has 5 heteroatoms. The van der Waals surface area contributed by atoms with Crippen LogP contribution in [-0.4, -0.2) is 52.2 Å². The van der Waals surface area contributed by atoms with Gasteiger partial charge in [-0.2, -0.15) is 5.10 Å². The molecule has 1 aliphatic heterocycles. The Morgan fingerprint density at radius 1 is 1.30 bits per heavy atom. The van der Waals surface area contributed by atoms with E-state index in [0.717, 1.165) is 38.0 Å². The summed E-state index contributed by atoms with van der Waals surface area (Å²) in [5, 5.41) is 4.26. The normalized spacial score (nSPS) is 17.9. The fourth-order valence-corrected chi connectivity index (χ4v) is 3.20. The van der Waals surface area contributed by atoms with Crippen LogP contribution in [0.25, 0.3) is 0 Å². The standard InChI is InChI=1S/C18H24N4O/c1-20(2)13-15-6-8-16(9-7-15)18(23)22-12-3-5-17(22)14-21-11-4-10-19-21/h4,6-11,17H,3,5,12-14H2,1-2H3/t17-/m0/s1. The third-order valence-corrected chi connectivity index (χ3v) is 4.29. The first-order valence-electron chi connectivity index (χ1n) is 8.15. The van der Waals surface area contributed by atoms with E-state index < -0.39 is 0 Å². The van der Waals surface area contributed by atoms with E-state index in [4.69, 9.17) is 0 Å². The van der Waals surface area contributed by atoms with Crippen molar-refractivity contribution in [2.45, 2.75) is 32.0 Å². The van der Waals surface area contributed by atoms with Gasteiger partial charge in [-0.15, -0.1) is 0 Å². The molecular formula is C18H24N4O. The monoisotopic (exact) mass is 312 g/mol. The van der Waals surface area contributed by atoms with E-state index in [1.54, 1.807) is 6.20 Å². The largest absolute Gasteiger partial charge is 0.334 e. The van der Waals surface area contributed by atoms with Crippen molar-refractivity contribution in [3.8, 4) is 0 Å². The number of nitrogens with zero attached hydrogens (tertiary/aromatic N) is 4. The van der Waals surface area contributed by atoms with Gasteiger partial charge >= 0.3 is 0 Å². The van der Waals surface area contributed by atoms with Crippen LogP contribution in [0.5, 0.6) is 0 Å². The molecule has 0 bridgehead atoms. The van der Waals surface area contributed by atoms with Crippen LogP contribution >= 0.6 is 0 Å². The van der Waals surface area contributed by atoms with Gasteiger partial charge in [0.15, 0.2) is 0 Å². The highest BCUT2D eigenvalue weighted by Gasteiger charge is 2.29. The molecular weight excluding hydrogens is 288 g/mol. The lowest BCUT2D eigenvalue weighted by atomic mass is 10.1. The molecule has 1 aromatic carbocycles. The van der Waals surface area contributed by atoms with Gasteiger partial charge in [-0.05, 0) is 50.7 Å². The van der Waals surface area contributed by atoms with Crippen LogP contribution in [0.1, 0.15) is 28.8 Å². The molecule has 1 fully saturated rings. The maximum atomic E-state index is 12.8. The number of aromatic nitrogens is 2. The van der Waals surface area contributed by atoms with Crippen molar-refractivity contribution in [3.05, 3.63) is 53.9 Å². The minimum Gasteiger partial charge on any atom is -0.334 e. The highest BCUT2D eigenvalue weighted by molar-refractivity contribution is 5.94. The van der Waals surface area contributed by atoms with E-state index in [1.807, 2.05) is 60.2 Å². The molecule has 0 aliphatic carbocycles. The maximum absolute atomic E-state index is 12.8. The molecule has 0 saturated carbocycles. The zero-order valence-corrected chi connectivity index (χ0v) is 13.9. The fourth-order valence-electron chi connectivity index (χ4n) is 3.20. The first-order valence-corrected chi connectivity index (χ1v) is 8.15. The lowest BCUT2D eigenvalue weighted by molar-refractivity contribution is 0.0721. The first kappa shape index (κ1) is 15.7. The number of benzene rings is 1. The molecule has 23 heavy (non-hydrogen) atoms. The molecule has 1 atom stereocenters. The topological polar surface area (TPSA) is 41.4 Å². The SMILES string of the molecule is CN(C)Cc1ccc(C(=O)N2CCC[C@H]2Cn2cccn2)cc1. The molecule has 1 aromatic heterocycles. The Labute approximate surface area is 137 Å². The zero-order valence-electron chi connectivity index (χ0n) is 13.9. The summed E-state index contributed by atoms with van der Waals surface area (Å²) in [6.45, 7) is 2.50. The highest BCUT2D eigenvalue weighted by Crippen LogP contribution is 2.21. The number of hydrogen-bond donors (Lipinski definition) is 0. The van der Waals surface area contributed by atoms with Crippen LogP contribution in [0.3, 0.4) is 0 Å². The van der Waals surface area contributed by atoms with Crippen LogP contribution in [0, 0.1) is 0 Å². The van der Waals surface area contributed by atoms with Crippen LogP contribution in [-0.2, 0) is 13.1 Å². The summed E-state index contributed by atoms with van der Waals surface area (Å²) in [6, 6.07) is 10.2. The molecule has 5 nitrogen and oxygen atoms in total. The molecule has 1 aliphatic rings. The summed E-state index contributed by atoms with van der Waals surface area (Å²) in [7, 11) is 4.09. The Balaban J connectivity index is 1.68. The average molecular weight is 312 g/mol. The number of likely N-dealkylation sites (tertiary alicyclic amines) is 1. The highest BCUT2D eigenvalue weighted by atomic mass is 16.2. The minimum atomic E-state index is 0.135. The molecule has 2 aromatic rings. The van der Waals surface area contributed by atoms with Gasteiger partial charge in [0, 0.05) is 31.0 Å². The first-order chi connectivity index (χ1) is 11.1. The predicted octanol–water partition coefficient (Wildman–Crippen LogP) is 2.25. The van der Waals surface area contributed by atoms with Crippen molar-refractivity contribution < 1.29 is 4.79 Å². The van der Waals surface area contributed by atoms with E-state index in [9.17, 15) is 4.79 Å². The Bertz CT molecular complexity index is 634. The van der Waals surface area contributed by atoms with Crippen LogP contribution in [0.4, 0.5) is 0 Å². The fraction of sp³-hybridized carbons (Fsp3) is 0.444. The van der Waals surface area contributed by atoms with Crippen molar-refractivity contribution in [3.63, 3.8) is 0 Å². The van der Waals surface area contributed by atoms with Crippen LogP contribution in [0.15, 0.2) is 42.7 Å². The van der Waals surface area contributed by atoms with Crippen molar-refractivity contribution in [2.75, 3.05) is 20.6 Å². The van der Waals surface area contributed by atoms with E-state index in [-0.39, 0.29) is 11.9 Å². The molecule has 0 radical (unpaired) electrons. The second-order valence-corrected chi connectivity index (χ2v) is 6.46. The van der Waals surface area contributed by atoms with Gasteiger partial charge in [0.2, 0.25) is 0 Å². The van der Waals surface area contributed by atoms with Crippen molar-refractivity contribution in [2.24, 2.45) is 0 Å². The minimum absolute atomic E-state index is 0.135. The summed E-state index contributed by atoms with van der Waals surface area (Å²) in [5.74, 6) is 0.135. The molecule has 122 valence electrons. The Morgan fingerprint density at radius 2 is 2.09 bits per heavy atom. The number of amides is 1. The molecule has 1 saturated heterocycles. The average Bonchev–Trinajstić information content (AvgIpc) is 3.19. The Morgan fingerprint density at radius 3 is 2.74 bits per heavy atom. The second-order valence-electron chi connectivity index (χ2n) is 6.46. The lowest BCUT2D eigenvalue weighted by Crippen LogP contribution is -2.38. The lowest BCUT2D eigenvalue weighted by Gasteiger charge is -2.25. The van der Waals surface area contributed by atoms with Gasteiger partial charge in [-0.3, -0.25) is 9.48 Å². The van der Waals surface area contributed by atoms with Crippen LogP contribution in [0.2, 0.25) is 0 Å². The zero-order chi connectivity index (χ0) is 16.2. The van der Waals surface area contributed by atoms with Gasteiger partial charge in [0.1, 0.15) is 0 Å². The predicted molar refractivity (Wildman–Crippen MR) is 90.1 cm³/mol. The van der Waals surface area contributed by atoms with Crippen LogP contribution < -0.4 is 0 Å². The van der Waals surface area contributed by atoms with Gasteiger partial charge in [0.05, 0.1) is 12.6 Å². The summed E-state index contributed by atoms with van der Waals surface area (Å²) in [6.07, 6.45) is 5.85. The summed E-state index contributed by atoms with van der Waals surface area (Å²) < 4.78 is 1.91. The van der Waals surface area contributed by atoms with Crippen molar-refractivity contribution in [1.29, 1.82) is 0 Å². The van der Waals surface area contributed by atoms with Crippen molar-refractivity contribution in [1.82, 2.24) is 19.6 Å². The quantitative estimate of drug-likeness (QED) is 0.850. The molecule has 0 spiro atoms. The van der Waals surface area contributed by atoms with Gasteiger partial charge < -0.3 is 9.80 Å². The Hall–Kier alpha value is -2.14. The molecule has 0 N–H and O–H groups in total. The van der Waals surface area contributed by atoms with Gasteiger partial charge in [-0.1, -0.05) is 12.1 Å². The number of hydrogen-bond acceptors (Lipinski definition) is 3. The van der Waals surface area contributed by atoms with Gasteiger partial charge in [0.25, 0.3) is 5.91 Å². The number of rotatable bonds is 5. The van der Waals surface area contributed by atoms with E-state index in [2.05, 4.69) is 10.00 Å². The van der Waals surface area contributed by atoms with E-state index >= 15 is 0 Å². The molecule has 3 rings (SSSR count). The summed E-state index contributed by atoms with van der Waals surface area (Å²) in [4.78, 5) is 16.9. The second kappa shape index (κ2) is 6.96.